The van der Waals surface area contributed by atoms with Gasteiger partial charge in [-0.1, -0.05) is 30.3 Å². The Morgan fingerprint density at radius 1 is 1.00 bits per heavy atom. The van der Waals surface area contributed by atoms with Crippen molar-refractivity contribution in [2.24, 2.45) is 0 Å². The molecule has 0 N–H and O–H groups in total. The molecule has 0 bridgehead atoms. The molecule has 0 amide bonds. The van der Waals surface area contributed by atoms with Crippen LogP contribution in [0.3, 0.4) is 0 Å². The van der Waals surface area contributed by atoms with Gasteiger partial charge in [-0.25, -0.2) is 14.6 Å². The van der Waals surface area contributed by atoms with E-state index in [1.54, 1.807) is 4.68 Å². The Kier molecular flexibility index (Phi) is 4.22. The molecule has 0 unspecified atom stereocenters. The number of anilines is 1. The molecule has 7 heteroatoms. The van der Waals surface area contributed by atoms with Crippen molar-refractivity contribution in [1.82, 2.24) is 19.7 Å². The number of aldehydes is 1. The van der Waals surface area contributed by atoms with Crippen molar-refractivity contribution in [3.8, 4) is 17.1 Å². The van der Waals surface area contributed by atoms with Crippen molar-refractivity contribution in [3.05, 3.63) is 54.5 Å². The van der Waals surface area contributed by atoms with Gasteiger partial charge in [0, 0.05) is 30.9 Å². The van der Waals surface area contributed by atoms with Gasteiger partial charge >= 0.3 is 0 Å². The fraction of sp³-hybridized carbons (Fsp3) is 0.222. The number of ether oxygens (including phenoxy) is 1. The highest BCUT2D eigenvalue weighted by molar-refractivity contribution is 5.70. The molecule has 126 valence electrons. The average molecular weight is 335 g/mol. The molecular weight excluding hydrogens is 318 g/mol. The highest BCUT2D eigenvalue weighted by Crippen LogP contribution is 2.20. The van der Waals surface area contributed by atoms with E-state index in [2.05, 4.69) is 20.0 Å². The molecule has 3 aromatic rings. The van der Waals surface area contributed by atoms with Crippen molar-refractivity contribution in [2.75, 3.05) is 31.2 Å². The van der Waals surface area contributed by atoms with E-state index < -0.39 is 0 Å². The lowest BCUT2D eigenvalue weighted by molar-refractivity contribution is 0.111. The number of morpholine rings is 1. The summed E-state index contributed by atoms with van der Waals surface area (Å²) >= 11 is 0. The Bertz CT molecular complexity index is 872. The lowest BCUT2D eigenvalue weighted by atomic mass is 10.2. The zero-order chi connectivity index (χ0) is 17.1. The van der Waals surface area contributed by atoms with Crippen LogP contribution in [0.4, 0.5) is 5.82 Å². The van der Waals surface area contributed by atoms with Gasteiger partial charge in [-0.05, 0) is 6.07 Å². The van der Waals surface area contributed by atoms with E-state index in [1.165, 1.54) is 0 Å². The van der Waals surface area contributed by atoms with Crippen molar-refractivity contribution < 1.29 is 9.53 Å². The number of hydrogen-bond donors (Lipinski definition) is 0. The summed E-state index contributed by atoms with van der Waals surface area (Å²) in [4.78, 5) is 21.9. The van der Waals surface area contributed by atoms with Gasteiger partial charge in [-0.2, -0.15) is 5.10 Å². The van der Waals surface area contributed by atoms with Crippen LogP contribution < -0.4 is 4.90 Å². The van der Waals surface area contributed by atoms with E-state index in [9.17, 15) is 4.79 Å². The Hall–Kier alpha value is -3.06. The third kappa shape index (κ3) is 3.27. The van der Waals surface area contributed by atoms with E-state index in [4.69, 9.17) is 4.74 Å². The molecule has 1 aliphatic heterocycles. The van der Waals surface area contributed by atoms with Gasteiger partial charge in [0.15, 0.2) is 17.9 Å². The first-order valence-electron chi connectivity index (χ1n) is 8.12. The van der Waals surface area contributed by atoms with Gasteiger partial charge in [-0.15, -0.1) is 0 Å². The molecule has 2 aromatic heterocycles. The van der Waals surface area contributed by atoms with E-state index in [0.29, 0.717) is 31.1 Å². The molecule has 0 saturated carbocycles. The smallest absolute Gasteiger partial charge is 0.196 e. The third-order valence-electron chi connectivity index (χ3n) is 4.05. The van der Waals surface area contributed by atoms with Gasteiger partial charge in [0.1, 0.15) is 5.82 Å². The molecule has 1 fully saturated rings. The molecular formula is C18H17N5O2. The molecule has 25 heavy (non-hydrogen) atoms. The van der Waals surface area contributed by atoms with Gasteiger partial charge in [0.05, 0.1) is 18.9 Å². The minimum atomic E-state index is 0.149. The van der Waals surface area contributed by atoms with Crippen LogP contribution in [-0.4, -0.2) is 52.3 Å². The molecule has 3 heterocycles. The normalized spacial score (nSPS) is 14.5. The van der Waals surface area contributed by atoms with Gasteiger partial charge in [0.25, 0.3) is 0 Å². The van der Waals surface area contributed by atoms with Crippen LogP contribution >= 0.6 is 0 Å². The number of carbonyl (C=O) groups is 1. The van der Waals surface area contributed by atoms with Crippen molar-refractivity contribution in [1.29, 1.82) is 0 Å². The minimum absolute atomic E-state index is 0.149. The SMILES string of the molecule is O=Cc1nc(N2CCOCC2)cc(-n2ccc(-c3ccccc3)n2)n1. The average Bonchev–Trinajstić information content (AvgIpc) is 3.19. The molecule has 1 saturated heterocycles. The zero-order valence-corrected chi connectivity index (χ0v) is 13.6. The first kappa shape index (κ1) is 15.5. The van der Waals surface area contributed by atoms with E-state index in [-0.39, 0.29) is 5.82 Å². The molecule has 1 aliphatic rings. The van der Waals surface area contributed by atoms with Crippen molar-refractivity contribution in [3.63, 3.8) is 0 Å². The largest absolute Gasteiger partial charge is 0.378 e. The predicted octanol–water partition coefficient (Wildman–Crippen LogP) is 1.98. The fourth-order valence-corrected chi connectivity index (χ4v) is 2.78. The maximum atomic E-state index is 11.3. The monoisotopic (exact) mass is 335 g/mol. The van der Waals surface area contributed by atoms with Crippen LogP contribution in [0.2, 0.25) is 0 Å². The molecule has 0 aliphatic carbocycles. The number of hydrogen-bond acceptors (Lipinski definition) is 6. The maximum Gasteiger partial charge on any atom is 0.196 e. The summed E-state index contributed by atoms with van der Waals surface area (Å²) in [6.07, 6.45) is 2.50. The quantitative estimate of drug-likeness (QED) is 0.679. The molecule has 0 atom stereocenters. The molecule has 4 rings (SSSR count). The van der Waals surface area contributed by atoms with Gasteiger partial charge in [-0.3, -0.25) is 4.79 Å². The summed E-state index contributed by atoms with van der Waals surface area (Å²) in [6, 6.07) is 13.7. The van der Waals surface area contributed by atoms with E-state index >= 15 is 0 Å². The number of carbonyl (C=O) groups excluding carboxylic acids is 1. The van der Waals surface area contributed by atoms with Crippen LogP contribution in [0.1, 0.15) is 10.6 Å². The second-order valence-electron chi connectivity index (χ2n) is 5.67. The number of aromatic nitrogens is 4. The number of nitrogens with zero attached hydrogens (tertiary/aromatic N) is 5. The second-order valence-corrected chi connectivity index (χ2v) is 5.67. The topological polar surface area (TPSA) is 73.1 Å². The summed E-state index contributed by atoms with van der Waals surface area (Å²) in [5.74, 6) is 1.43. The summed E-state index contributed by atoms with van der Waals surface area (Å²) in [6.45, 7) is 2.78. The predicted molar refractivity (Wildman–Crippen MR) is 93.0 cm³/mol. The molecule has 0 radical (unpaired) electrons. The fourth-order valence-electron chi connectivity index (χ4n) is 2.78. The molecule has 1 aromatic carbocycles. The van der Waals surface area contributed by atoms with Crippen molar-refractivity contribution >= 4 is 12.1 Å². The van der Waals surface area contributed by atoms with Crippen LogP contribution in [0.15, 0.2) is 48.7 Å². The summed E-state index contributed by atoms with van der Waals surface area (Å²) in [7, 11) is 0. The number of benzene rings is 1. The standard InChI is InChI=1S/C18H17N5O2/c24-13-16-19-17(22-8-10-25-11-9-22)12-18(20-16)23-7-6-15(21-23)14-4-2-1-3-5-14/h1-7,12-13H,8-11H2. The van der Waals surface area contributed by atoms with Crippen LogP contribution in [0, 0.1) is 0 Å². The Morgan fingerprint density at radius 3 is 2.52 bits per heavy atom. The Balaban J connectivity index is 1.70. The summed E-state index contributed by atoms with van der Waals surface area (Å²) < 4.78 is 7.04. The summed E-state index contributed by atoms with van der Waals surface area (Å²) in [5, 5.41) is 4.58. The lowest BCUT2D eigenvalue weighted by Crippen LogP contribution is -2.37. The van der Waals surface area contributed by atoms with E-state index in [0.717, 1.165) is 24.3 Å². The van der Waals surface area contributed by atoms with E-state index in [1.807, 2.05) is 48.7 Å². The van der Waals surface area contributed by atoms with Crippen molar-refractivity contribution in [2.45, 2.75) is 0 Å². The number of rotatable bonds is 4. The van der Waals surface area contributed by atoms with Gasteiger partial charge in [0.2, 0.25) is 0 Å². The summed E-state index contributed by atoms with van der Waals surface area (Å²) in [5.41, 5.74) is 1.87. The zero-order valence-electron chi connectivity index (χ0n) is 13.6. The lowest BCUT2D eigenvalue weighted by Gasteiger charge is -2.28. The Labute approximate surface area is 144 Å². The maximum absolute atomic E-state index is 11.3. The first-order chi connectivity index (χ1) is 12.3. The highest BCUT2D eigenvalue weighted by Gasteiger charge is 2.16. The second kappa shape index (κ2) is 6.82. The first-order valence-corrected chi connectivity index (χ1v) is 8.12. The Morgan fingerprint density at radius 2 is 1.76 bits per heavy atom. The third-order valence-corrected chi connectivity index (χ3v) is 4.05. The molecule has 0 spiro atoms. The van der Waals surface area contributed by atoms with Crippen LogP contribution in [-0.2, 0) is 4.74 Å². The van der Waals surface area contributed by atoms with Gasteiger partial charge < -0.3 is 9.64 Å². The van der Waals surface area contributed by atoms with Crippen LogP contribution in [0.5, 0.6) is 0 Å². The highest BCUT2D eigenvalue weighted by atomic mass is 16.5. The van der Waals surface area contributed by atoms with Crippen LogP contribution in [0.25, 0.3) is 17.1 Å². The minimum Gasteiger partial charge on any atom is -0.378 e. The molecule has 7 nitrogen and oxygen atoms in total.